The molecule has 160 valence electrons. The Bertz CT molecular complexity index is 858. The first-order valence-corrected chi connectivity index (χ1v) is 10.8. The summed E-state index contributed by atoms with van der Waals surface area (Å²) in [6.07, 6.45) is 5.08. The van der Waals surface area contributed by atoms with E-state index in [-0.39, 0.29) is 18.5 Å². The van der Waals surface area contributed by atoms with Crippen LogP contribution in [0.15, 0.2) is 52.1 Å². The number of carbonyl (C=O) groups excluding carboxylic acids is 1. The van der Waals surface area contributed by atoms with Gasteiger partial charge in [-0.3, -0.25) is 14.7 Å². The van der Waals surface area contributed by atoms with E-state index in [1.807, 2.05) is 23.1 Å². The van der Waals surface area contributed by atoms with Gasteiger partial charge in [0.2, 0.25) is 5.91 Å². The third kappa shape index (κ3) is 4.84. The van der Waals surface area contributed by atoms with E-state index in [2.05, 4.69) is 38.7 Å². The second kappa shape index (κ2) is 9.80. The molecule has 3 heterocycles. The van der Waals surface area contributed by atoms with E-state index in [1.54, 1.807) is 13.3 Å². The zero-order chi connectivity index (χ0) is 20.8. The Morgan fingerprint density at radius 1 is 1.10 bits per heavy atom. The van der Waals surface area contributed by atoms with Gasteiger partial charge in [0.25, 0.3) is 0 Å². The van der Waals surface area contributed by atoms with Crippen molar-refractivity contribution < 1.29 is 9.21 Å². The first kappa shape index (κ1) is 20.5. The topological polar surface area (TPSA) is 73.1 Å². The first-order valence-electron chi connectivity index (χ1n) is 10.8. The van der Waals surface area contributed by atoms with Gasteiger partial charge in [-0.05, 0) is 55.6 Å². The van der Waals surface area contributed by atoms with E-state index in [1.165, 1.54) is 24.0 Å². The molecule has 2 aliphatic heterocycles. The minimum absolute atomic E-state index is 0.0922. The third-order valence-corrected chi connectivity index (χ3v) is 6.03. The average molecular weight is 410 g/mol. The fourth-order valence-electron chi connectivity index (χ4n) is 4.34. The summed E-state index contributed by atoms with van der Waals surface area (Å²) in [5, 5.41) is 6.56. The van der Waals surface area contributed by atoms with Gasteiger partial charge in [-0.1, -0.05) is 24.3 Å². The minimum atomic E-state index is 0.0922. The number of nitrogens with one attached hydrogen (secondary N) is 2. The SMILES string of the molecule is CN=C(NCC(=O)N1CCc2ccccc2C1)NCC(c1ccco1)N1CCCC1. The molecule has 1 unspecified atom stereocenters. The number of guanidine groups is 1. The summed E-state index contributed by atoms with van der Waals surface area (Å²) in [5.74, 6) is 1.69. The Balaban J connectivity index is 1.29. The summed E-state index contributed by atoms with van der Waals surface area (Å²) in [6, 6.07) is 12.5. The molecule has 1 aromatic carbocycles. The molecule has 4 rings (SSSR count). The normalized spacial score (nSPS) is 18.2. The monoisotopic (exact) mass is 409 g/mol. The summed E-state index contributed by atoms with van der Waals surface area (Å²) in [7, 11) is 1.73. The Morgan fingerprint density at radius 2 is 1.90 bits per heavy atom. The highest BCUT2D eigenvalue weighted by Crippen LogP contribution is 2.24. The fourth-order valence-corrected chi connectivity index (χ4v) is 4.34. The number of hydrogen-bond donors (Lipinski definition) is 2. The third-order valence-electron chi connectivity index (χ3n) is 6.03. The van der Waals surface area contributed by atoms with Crippen molar-refractivity contribution in [3.63, 3.8) is 0 Å². The molecule has 1 atom stereocenters. The van der Waals surface area contributed by atoms with Crippen molar-refractivity contribution in [3.8, 4) is 0 Å². The van der Waals surface area contributed by atoms with Crippen LogP contribution in [-0.4, -0.2) is 61.4 Å². The summed E-state index contributed by atoms with van der Waals surface area (Å²) in [5.41, 5.74) is 2.59. The van der Waals surface area contributed by atoms with Crippen molar-refractivity contribution in [3.05, 3.63) is 59.5 Å². The molecule has 2 aliphatic rings. The highest BCUT2D eigenvalue weighted by atomic mass is 16.3. The summed E-state index contributed by atoms with van der Waals surface area (Å²) >= 11 is 0. The van der Waals surface area contributed by atoms with Gasteiger partial charge in [0, 0.05) is 26.7 Å². The summed E-state index contributed by atoms with van der Waals surface area (Å²) < 4.78 is 5.68. The maximum absolute atomic E-state index is 12.7. The maximum atomic E-state index is 12.7. The molecular weight excluding hydrogens is 378 g/mol. The predicted molar refractivity (Wildman–Crippen MR) is 117 cm³/mol. The molecule has 7 nitrogen and oxygen atoms in total. The zero-order valence-electron chi connectivity index (χ0n) is 17.6. The molecule has 0 bridgehead atoms. The number of nitrogens with zero attached hydrogens (tertiary/aromatic N) is 3. The van der Waals surface area contributed by atoms with Gasteiger partial charge in [-0.25, -0.2) is 0 Å². The van der Waals surface area contributed by atoms with Gasteiger partial charge in [-0.15, -0.1) is 0 Å². The van der Waals surface area contributed by atoms with Gasteiger partial charge in [0.1, 0.15) is 5.76 Å². The molecular formula is C23H31N5O2. The van der Waals surface area contributed by atoms with E-state index in [4.69, 9.17) is 4.42 Å². The molecule has 0 aliphatic carbocycles. The molecule has 0 saturated carbocycles. The predicted octanol–water partition coefficient (Wildman–Crippen LogP) is 2.17. The van der Waals surface area contributed by atoms with Crippen LogP contribution in [0.4, 0.5) is 0 Å². The number of carbonyl (C=O) groups is 1. The van der Waals surface area contributed by atoms with Crippen LogP contribution in [0.5, 0.6) is 0 Å². The molecule has 2 N–H and O–H groups in total. The van der Waals surface area contributed by atoms with Crippen LogP contribution < -0.4 is 10.6 Å². The standard InChI is InChI=1S/C23H31N5O2/c1-24-23(25-15-20(21-9-6-14-30-21)27-11-4-5-12-27)26-16-22(29)28-13-10-18-7-2-3-8-19(18)17-28/h2-3,6-9,14,20H,4-5,10-13,15-17H2,1H3,(H2,24,25,26). The van der Waals surface area contributed by atoms with E-state index >= 15 is 0 Å². The highest BCUT2D eigenvalue weighted by Gasteiger charge is 2.26. The second-order valence-corrected chi connectivity index (χ2v) is 7.91. The van der Waals surface area contributed by atoms with Gasteiger partial charge < -0.3 is 20.0 Å². The summed E-state index contributed by atoms with van der Waals surface area (Å²) in [6.45, 7) is 4.51. The van der Waals surface area contributed by atoms with Crippen LogP contribution in [0.3, 0.4) is 0 Å². The lowest BCUT2D eigenvalue weighted by molar-refractivity contribution is -0.130. The van der Waals surface area contributed by atoms with E-state index in [0.717, 1.165) is 31.8 Å². The number of rotatable bonds is 6. The Hall–Kier alpha value is -2.80. The molecule has 1 amide bonds. The van der Waals surface area contributed by atoms with Gasteiger partial charge >= 0.3 is 0 Å². The van der Waals surface area contributed by atoms with Crippen LogP contribution in [0, 0.1) is 0 Å². The largest absolute Gasteiger partial charge is 0.468 e. The second-order valence-electron chi connectivity index (χ2n) is 7.91. The molecule has 7 heteroatoms. The highest BCUT2D eigenvalue weighted by molar-refractivity contribution is 5.86. The van der Waals surface area contributed by atoms with Crippen LogP contribution >= 0.6 is 0 Å². The fraction of sp³-hybridized carbons (Fsp3) is 0.478. The molecule has 2 aromatic rings. The molecule has 1 fully saturated rings. The zero-order valence-corrected chi connectivity index (χ0v) is 17.6. The first-order chi connectivity index (χ1) is 14.7. The molecule has 1 saturated heterocycles. The van der Waals surface area contributed by atoms with Crippen molar-refractivity contribution >= 4 is 11.9 Å². The molecule has 1 aromatic heterocycles. The lowest BCUT2D eigenvalue weighted by Gasteiger charge is -2.29. The van der Waals surface area contributed by atoms with Gasteiger partial charge in [0.15, 0.2) is 5.96 Å². The smallest absolute Gasteiger partial charge is 0.242 e. The number of likely N-dealkylation sites (tertiary alicyclic amines) is 1. The lowest BCUT2D eigenvalue weighted by atomic mass is 10.00. The molecule has 0 spiro atoms. The number of hydrogen-bond acceptors (Lipinski definition) is 4. The van der Waals surface area contributed by atoms with Crippen molar-refractivity contribution in [1.29, 1.82) is 0 Å². The van der Waals surface area contributed by atoms with Crippen LogP contribution in [0.25, 0.3) is 0 Å². The van der Waals surface area contributed by atoms with Crippen molar-refractivity contribution in [2.24, 2.45) is 4.99 Å². The lowest BCUT2D eigenvalue weighted by Crippen LogP contribution is -2.47. The van der Waals surface area contributed by atoms with Crippen LogP contribution in [-0.2, 0) is 17.8 Å². The summed E-state index contributed by atoms with van der Waals surface area (Å²) in [4.78, 5) is 21.4. The number of fused-ring (bicyclic) bond motifs is 1. The molecule has 0 radical (unpaired) electrons. The Morgan fingerprint density at radius 3 is 2.63 bits per heavy atom. The molecule has 30 heavy (non-hydrogen) atoms. The van der Waals surface area contributed by atoms with Gasteiger partial charge in [-0.2, -0.15) is 0 Å². The number of benzene rings is 1. The van der Waals surface area contributed by atoms with Gasteiger partial charge in [0.05, 0.1) is 18.8 Å². The van der Waals surface area contributed by atoms with E-state index in [0.29, 0.717) is 19.0 Å². The van der Waals surface area contributed by atoms with Crippen molar-refractivity contribution in [1.82, 2.24) is 20.4 Å². The van der Waals surface area contributed by atoms with E-state index in [9.17, 15) is 4.79 Å². The number of amides is 1. The van der Waals surface area contributed by atoms with Crippen LogP contribution in [0.2, 0.25) is 0 Å². The minimum Gasteiger partial charge on any atom is -0.468 e. The Kier molecular flexibility index (Phi) is 6.69. The number of furan rings is 1. The Labute approximate surface area is 178 Å². The average Bonchev–Trinajstić information content (AvgIpc) is 3.50. The quantitative estimate of drug-likeness (QED) is 0.565. The number of aliphatic imine (C=N–C) groups is 1. The van der Waals surface area contributed by atoms with E-state index < -0.39 is 0 Å². The maximum Gasteiger partial charge on any atom is 0.242 e. The van der Waals surface area contributed by atoms with Crippen molar-refractivity contribution in [2.45, 2.75) is 31.8 Å². The van der Waals surface area contributed by atoms with Crippen LogP contribution in [0.1, 0.15) is 35.8 Å². The van der Waals surface area contributed by atoms with Crippen molar-refractivity contribution in [2.75, 3.05) is 39.8 Å².